The predicted molar refractivity (Wildman–Crippen MR) is 77.8 cm³/mol. The molecule has 0 atom stereocenters. The van der Waals surface area contributed by atoms with E-state index >= 15 is 0 Å². The second-order valence-electron chi connectivity index (χ2n) is 5.28. The van der Waals surface area contributed by atoms with E-state index in [0.29, 0.717) is 29.6 Å². The van der Waals surface area contributed by atoms with Crippen molar-refractivity contribution in [2.45, 2.75) is 25.9 Å². The van der Waals surface area contributed by atoms with E-state index in [2.05, 4.69) is 10.3 Å². The molecule has 20 heavy (non-hydrogen) atoms. The van der Waals surface area contributed by atoms with Crippen LogP contribution in [0.4, 0.5) is 11.4 Å². The number of aromatic nitrogens is 1. The number of anilines is 1. The Bertz CT molecular complexity index is 635. The van der Waals surface area contributed by atoms with Gasteiger partial charge < -0.3 is 10.4 Å². The van der Waals surface area contributed by atoms with Gasteiger partial charge in [-0.2, -0.15) is 0 Å². The summed E-state index contributed by atoms with van der Waals surface area (Å²) in [7, 11) is 0. The van der Waals surface area contributed by atoms with Crippen molar-refractivity contribution in [1.82, 2.24) is 4.98 Å². The Morgan fingerprint density at radius 1 is 1.40 bits per heavy atom. The molecule has 0 radical (unpaired) electrons. The highest BCUT2D eigenvalue weighted by atomic mass is 16.6. The number of rotatable bonds is 5. The molecule has 0 saturated carbocycles. The lowest BCUT2D eigenvalue weighted by Gasteiger charge is -2.18. The lowest BCUT2D eigenvalue weighted by molar-refractivity contribution is -0.384. The highest BCUT2D eigenvalue weighted by Crippen LogP contribution is 2.31. The van der Waals surface area contributed by atoms with Crippen molar-refractivity contribution < 1.29 is 10.0 Å². The minimum atomic E-state index is -0.815. The smallest absolute Gasteiger partial charge is 0.311 e. The summed E-state index contributed by atoms with van der Waals surface area (Å²) in [6, 6.07) is 7.25. The number of para-hydroxylation sites is 1. The topological polar surface area (TPSA) is 88.3 Å². The predicted octanol–water partition coefficient (Wildman–Crippen LogP) is 2.72. The van der Waals surface area contributed by atoms with Crippen LogP contribution < -0.4 is 5.32 Å². The Morgan fingerprint density at radius 2 is 2.10 bits per heavy atom. The van der Waals surface area contributed by atoms with Crippen molar-refractivity contribution >= 4 is 22.3 Å². The number of aliphatic hydroxyl groups is 1. The van der Waals surface area contributed by atoms with E-state index in [1.807, 2.05) is 12.1 Å². The molecule has 6 heteroatoms. The zero-order valence-electron chi connectivity index (χ0n) is 11.5. The maximum atomic E-state index is 11.1. The molecule has 0 unspecified atom stereocenters. The van der Waals surface area contributed by atoms with Crippen LogP contribution in [0.1, 0.15) is 20.3 Å². The second-order valence-corrected chi connectivity index (χ2v) is 5.28. The number of nitro groups is 1. The van der Waals surface area contributed by atoms with Crippen molar-refractivity contribution in [3.63, 3.8) is 0 Å². The van der Waals surface area contributed by atoms with Gasteiger partial charge in [-0.25, -0.2) is 4.98 Å². The molecule has 0 spiro atoms. The summed E-state index contributed by atoms with van der Waals surface area (Å²) in [5.41, 5.74) is 0.276. The fourth-order valence-corrected chi connectivity index (χ4v) is 1.95. The molecular weight excluding hydrogens is 258 g/mol. The average molecular weight is 275 g/mol. The molecule has 0 saturated heterocycles. The summed E-state index contributed by atoms with van der Waals surface area (Å²) in [4.78, 5) is 14.7. The molecule has 1 heterocycles. The summed E-state index contributed by atoms with van der Waals surface area (Å²) in [6.45, 7) is 3.85. The third kappa shape index (κ3) is 3.21. The van der Waals surface area contributed by atoms with Crippen LogP contribution in [0.5, 0.6) is 0 Å². The van der Waals surface area contributed by atoms with E-state index in [0.717, 1.165) is 0 Å². The lowest BCUT2D eigenvalue weighted by Crippen LogP contribution is -2.22. The van der Waals surface area contributed by atoms with Gasteiger partial charge in [0.1, 0.15) is 11.9 Å². The van der Waals surface area contributed by atoms with Crippen molar-refractivity contribution in [2.24, 2.45) is 0 Å². The minimum absolute atomic E-state index is 0.0561. The fourth-order valence-electron chi connectivity index (χ4n) is 1.95. The number of nitrogens with one attached hydrogen (secondary N) is 1. The van der Waals surface area contributed by atoms with Crippen LogP contribution in [0.3, 0.4) is 0 Å². The van der Waals surface area contributed by atoms with E-state index in [1.54, 1.807) is 26.0 Å². The largest absolute Gasteiger partial charge is 0.390 e. The Labute approximate surface area is 116 Å². The van der Waals surface area contributed by atoms with E-state index in [-0.39, 0.29) is 5.69 Å². The molecule has 2 rings (SSSR count). The highest BCUT2D eigenvalue weighted by molar-refractivity contribution is 5.95. The lowest BCUT2D eigenvalue weighted by atomic mass is 10.1. The summed E-state index contributed by atoms with van der Waals surface area (Å²) in [6.07, 6.45) is 1.75. The molecule has 0 aliphatic carbocycles. The molecule has 0 aliphatic heterocycles. The Kier molecular flexibility index (Phi) is 3.85. The monoisotopic (exact) mass is 275 g/mol. The summed E-state index contributed by atoms with van der Waals surface area (Å²) in [5, 5.41) is 24.6. The molecule has 0 fully saturated rings. The molecular formula is C14H17N3O3. The molecule has 1 aromatic carbocycles. The number of fused-ring (bicyclic) bond motifs is 1. The Balaban J connectivity index is 2.37. The second kappa shape index (κ2) is 5.42. The normalized spacial score (nSPS) is 11.6. The van der Waals surface area contributed by atoms with Crippen molar-refractivity contribution in [3.8, 4) is 0 Å². The standard InChI is InChI=1S/C14H17N3O3/c1-14(2,18)7-8-15-13-10-5-3-4-6-11(10)16-9-12(13)17(19)20/h3-6,9,18H,7-8H2,1-2H3,(H,15,16). The van der Waals surface area contributed by atoms with Crippen LogP contribution >= 0.6 is 0 Å². The molecule has 1 aromatic heterocycles. The van der Waals surface area contributed by atoms with Crippen LogP contribution in [0.2, 0.25) is 0 Å². The zero-order valence-corrected chi connectivity index (χ0v) is 11.5. The first-order valence-corrected chi connectivity index (χ1v) is 6.37. The molecule has 106 valence electrons. The summed E-state index contributed by atoms with van der Waals surface area (Å²) in [5.74, 6) is 0. The van der Waals surface area contributed by atoms with Gasteiger partial charge in [-0.1, -0.05) is 18.2 Å². The molecule has 0 amide bonds. The fraction of sp³-hybridized carbons (Fsp3) is 0.357. The third-order valence-electron chi connectivity index (χ3n) is 2.99. The molecule has 0 bridgehead atoms. The number of hydrogen-bond donors (Lipinski definition) is 2. The summed E-state index contributed by atoms with van der Waals surface area (Å²) < 4.78 is 0. The van der Waals surface area contributed by atoms with Gasteiger partial charge in [0, 0.05) is 11.9 Å². The van der Waals surface area contributed by atoms with E-state index in [4.69, 9.17) is 0 Å². The average Bonchev–Trinajstić information content (AvgIpc) is 2.37. The quantitative estimate of drug-likeness (QED) is 0.647. The van der Waals surface area contributed by atoms with Gasteiger partial charge in [-0.3, -0.25) is 10.1 Å². The van der Waals surface area contributed by atoms with Crippen molar-refractivity contribution in [3.05, 3.63) is 40.6 Å². The first kappa shape index (κ1) is 14.2. The molecule has 2 aromatic rings. The number of benzene rings is 1. The van der Waals surface area contributed by atoms with Gasteiger partial charge >= 0.3 is 5.69 Å². The summed E-state index contributed by atoms with van der Waals surface area (Å²) >= 11 is 0. The zero-order chi connectivity index (χ0) is 14.8. The minimum Gasteiger partial charge on any atom is -0.390 e. The molecule has 0 aliphatic rings. The molecule has 2 N–H and O–H groups in total. The number of nitrogens with zero attached hydrogens (tertiary/aromatic N) is 2. The van der Waals surface area contributed by atoms with Gasteiger partial charge in [0.2, 0.25) is 0 Å². The maximum absolute atomic E-state index is 11.1. The van der Waals surface area contributed by atoms with Crippen molar-refractivity contribution in [2.75, 3.05) is 11.9 Å². The van der Waals surface area contributed by atoms with Gasteiger partial charge in [0.25, 0.3) is 0 Å². The van der Waals surface area contributed by atoms with E-state index in [9.17, 15) is 15.2 Å². The number of pyridine rings is 1. The van der Waals surface area contributed by atoms with Crippen LogP contribution in [0.25, 0.3) is 10.9 Å². The highest BCUT2D eigenvalue weighted by Gasteiger charge is 2.19. The maximum Gasteiger partial charge on any atom is 0.311 e. The Hall–Kier alpha value is -2.21. The Morgan fingerprint density at radius 3 is 2.75 bits per heavy atom. The van der Waals surface area contributed by atoms with E-state index < -0.39 is 10.5 Å². The van der Waals surface area contributed by atoms with Gasteiger partial charge in [-0.15, -0.1) is 0 Å². The van der Waals surface area contributed by atoms with Crippen LogP contribution in [0.15, 0.2) is 30.5 Å². The van der Waals surface area contributed by atoms with Crippen molar-refractivity contribution in [1.29, 1.82) is 0 Å². The van der Waals surface area contributed by atoms with Crippen LogP contribution in [0, 0.1) is 10.1 Å². The van der Waals surface area contributed by atoms with Gasteiger partial charge in [0.15, 0.2) is 0 Å². The number of hydrogen-bond acceptors (Lipinski definition) is 5. The van der Waals surface area contributed by atoms with E-state index in [1.165, 1.54) is 6.20 Å². The SMILES string of the molecule is CC(C)(O)CCNc1c([N+](=O)[O-])cnc2ccccc12. The first-order valence-electron chi connectivity index (χ1n) is 6.37. The van der Waals surface area contributed by atoms with Gasteiger partial charge in [-0.05, 0) is 26.3 Å². The molecule has 6 nitrogen and oxygen atoms in total. The van der Waals surface area contributed by atoms with Crippen LogP contribution in [-0.4, -0.2) is 27.2 Å². The van der Waals surface area contributed by atoms with Gasteiger partial charge in [0.05, 0.1) is 16.0 Å². The third-order valence-corrected chi connectivity index (χ3v) is 2.99. The van der Waals surface area contributed by atoms with Crippen LogP contribution in [-0.2, 0) is 0 Å². The first-order chi connectivity index (χ1) is 9.38.